The molecular weight excluding hydrogens is 280 g/mol. The zero-order valence-electron chi connectivity index (χ0n) is 14.5. The Hall–Kier alpha value is -0.680. The summed E-state index contributed by atoms with van der Waals surface area (Å²) in [5.74, 6) is 0.351. The highest BCUT2D eigenvalue weighted by molar-refractivity contribution is 4.80. The lowest BCUT2D eigenvalue weighted by molar-refractivity contribution is -0.0575. The fourth-order valence-corrected chi connectivity index (χ4v) is 1.75. The van der Waals surface area contributed by atoms with Gasteiger partial charge in [0.1, 0.15) is 6.10 Å². The molecule has 0 aliphatic heterocycles. The standard InChI is InChI=1S/C18H34O4/c1-4-7-9-11-20-14-17(6-3)15-22-18(13-19)16-21-12-10-8-5-2/h7-10,17-19H,4-6,11-16H2,1-3H3/b9-7-,10-8+. The molecule has 0 aromatic carbocycles. The lowest BCUT2D eigenvalue weighted by atomic mass is 10.1. The summed E-state index contributed by atoms with van der Waals surface area (Å²) in [5.41, 5.74) is 0. The highest BCUT2D eigenvalue weighted by Gasteiger charge is 2.12. The van der Waals surface area contributed by atoms with E-state index in [1.165, 1.54) is 0 Å². The third-order valence-electron chi connectivity index (χ3n) is 3.24. The largest absolute Gasteiger partial charge is 0.394 e. The minimum absolute atomic E-state index is 0.0198. The number of hydrogen-bond donors (Lipinski definition) is 1. The third-order valence-corrected chi connectivity index (χ3v) is 3.24. The van der Waals surface area contributed by atoms with E-state index in [1.807, 2.05) is 12.2 Å². The summed E-state index contributed by atoms with van der Waals surface area (Å²) in [6.07, 6.45) is 11.0. The molecule has 0 spiro atoms. The third kappa shape index (κ3) is 13.0. The normalized spacial score (nSPS) is 14.9. The lowest BCUT2D eigenvalue weighted by Gasteiger charge is -2.20. The summed E-state index contributed by atoms with van der Waals surface area (Å²) >= 11 is 0. The minimum atomic E-state index is -0.260. The molecule has 0 saturated heterocycles. The van der Waals surface area contributed by atoms with Gasteiger partial charge in [-0.15, -0.1) is 0 Å². The van der Waals surface area contributed by atoms with Crippen molar-refractivity contribution < 1.29 is 19.3 Å². The summed E-state index contributed by atoms with van der Waals surface area (Å²) in [7, 11) is 0. The second-order valence-electron chi connectivity index (χ2n) is 5.25. The maximum absolute atomic E-state index is 9.32. The second-order valence-corrected chi connectivity index (χ2v) is 5.25. The first-order valence-electron chi connectivity index (χ1n) is 8.46. The zero-order chi connectivity index (χ0) is 16.5. The minimum Gasteiger partial charge on any atom is -0.394 e. The van der Waals surface area contributed by atoms with Crippen molar-refractivity contribution in [3.63, 3.8) is 0 Å². The van der Waals surface area contributed by atoms with Gasteiger partial charge in [0, 0.05) is 5.92 Å². The van der Waals surface area contributed by atoms with E-state index in [0.29, 0.717) is 39.0 Å². The molecule has 4 nitrogen and oxygen atoms in total. The molecule has 0 rings (SSSR count). The van der Waals surface area contributed by atoms with Crippen LogP contribution in [0.25, 0.3) is 0 Å². The summed E-state index contributed by atoms with van der Waals surface area (Å²) in [6, 6.07) is 0. The van der Waals surface area contributed by atoms with Gasteiger partial charge in [-0.25, -0.2) is 0 Å². The molecule has 0 aromatic rings. The second kappa shape index (κ2) is 16.7. The van der Waals surface area contributed by atoms with E-state index < -0.39 is 0 Å². The van der Waals surface area contributed by atoms with Crippen molar-refractivity contribution in [2.75, 3.05) is 39.6 Å². The molecule has 0 amide bonds. The highest BCUT2D eigenvalue weighted by atomic mass is 16.5. The zero-order valence-corrected chi connectivity index (χ0v) is 14.5. The quantitative estimate of drug-likeness (QED) is 0.372. The Balaban J connectivity index is 3.81. The first-order chi connectivity index (χ1) is 10.8. The van der Waals surface area contributed by atoms with Crippen molar-refractivity contribution in [1.82, 2.24) is 0 Å². The first-order valence-corrected chi connectivity index (χ1v) is 8.46. The predicted molar refractivity (Wildman–Crippen MR) is 91.1 cm³/mol. The van der Waals surface area contributed by atoms with Crippen LogP contribution in [0.4, 0.5) is 0 Å². The van der Waals surface area contributed by atoms with E-state index in [4.69, 9.17) is 14.2 Å². The Morgan fingerprint density at radius 3 is 1.91 bits per heavy atom. The monoisotopic (exact) mass is 314 g/mol. The fraction of sp³-hybridized carbons (Fsp3) is 0.778. The van der Waals surface area contributed by atoms with Crippen molar-refractivity contribution in [2.24, 2.45) is 5.92 Å². The molecule has 0 radical (unpaired) electrons. The Morgan fingerprint density at radius 1 is 0.818 bits per heavy atom. The van der Waals surface area contributed by atoms with Gasteiger partial charge < -0.3 is 19.3 Å². The Kier molecular flexibility index (Phi) is 16.2. The lowest BCUT2D eigenvalue weighted by Crippen LogP contribution is -2.28. The maximum Gasteiger partial charge on any atom is 0.104 e. The molecule has 2 atom stereocenters. The molecule has 0 saturated carbocycles. The van der Waals surface area contributed by atoms with Crippen LogP contribution in [0, 0.1) is 5.92 Å². The molecule has 0 aliphatic rings. The van der Waals surface area contributed by atoms with Gasteiger partial charge >= 0.3 is 0 Å². The molecule has 0 aromatic heterocycles. The van der Waals surface area contributed by atoms with Crippen LogP contribution in [0.15, 0.2) is 24.3 Å². The van der Waals surface area contributed by atoms with Crippen LogP contribution in [0.1, 0.15) is 40.0 Å². The SMILES string of the molecule is CC/C=C\COCC(CC)COC(CO)COC/C=C/CC. The number of hydrogen-bond acceptors (Lipinski definition) is 4. The Bertz CT molecular complexity index is 248. The van der Waals surface area contributed by atoms with Gasteiger partial charge in [-0.3, -0.25) is 0 Å². The Labute approximate surface area is 136 Å². The molecule has 130 valence electrons. The average molecular weight is 314 g/mol. The molecule has 1 N–H and O–H groups in total. The fourth-order valence-electron chi connectivity index (χ4n) is 1.75. The van der Waals surface area contributed by atoms with E-state index in [-0.39, 0.29) is 12.7 Å². The molecule has 0 aliphatic carbocycles. The predicted octanol–water partition coefficient (Wildman–Crippen LogP) is 3.36. The highest BCUT2D eigenvalue weighted by Crippen LogP contribution is 2.06. The first kappa shape index (κ1) is 21.3. The van der Waals surface area contributed by atoms with E-state index in [1.54, 1.807) is 0 Å². The van der Waals surface area contributed by atoms with Crippen LogP contribution in [0.2, 0.25) is 0 Å². The smallest absolute Gasteiger partial charge is 0.104 e. The van der Waals surface area contributed by atoms with Crippen molar-refractivity contribution >= 4 is 0 Å². The van der Waals surface area contributed by atoms with Crippen LogP contribution < -0.4 is 0 Å². The average Bonchev–Trinajstić information content (AvgIpc) is 2.55. The van der Waals surface area contributed by atoms with Crippen LogP contribution in [-0.2, 0) is 14.2 Å². The van der Waals surface area contributed by atoms with Gasteiger partial charge in [0.05, 0.1) is 39.6 Å². The van der Waals surface area contributed by atoms with Crippen molar-refractivity contribution in [3.8, 4) is 0 Å². The van der Waals surface area contributed by atoms with Gasteiger partial charge in [0.15, 0.2) is 0 Å². The molecule has 0 bridgehead atoms. The van der Waals surface area contributed by atoms with Crippen LogP contribution in [0.3, 0.4) is 0 Å². The molecule has 0 fully saturated rings. The van der Waals surface area contributed by atoms with E-state index in [9.17, 15) is 5.11 Å². The molecular formula is C18H34O4. The topological polar surface area (TPSA) is 47.9 Å². The van der Waals surface area contributed by atoms with Crippen LogP contribution in [0.5, 0.6) is 0 Å². The van der Waals surface area contributed by atoms with Gasteiger partial charge in [0.2, 0.25) is 0 Å². The number of aliphatic hydroxyl groups excluding tert-OH is 1. The van der Waals surface area contributed by atoms with Crippen molar-refractivity contribution in [1.29, 1.82) is 0 Å². The van der Waals surface area contributed by atoms with Crippen LogP contribution in [-0.4, -0.2) is 50.9 Å². The summed E-state index contributed by atoms with van der Waals surface area (Å²) < 4.78 is 16.8. The van der Waals surface area contributed by atoms with Gasteiger partial charge in [-0.05, 0) is 19.3 Å². The van der Waals surface area contributed by atoms with Crippen molar-refractivity contribution in [3.05, 3.63) is 24.3 Å². The van der Waals surface area contributed by atoms with E-state index in [2.05, 4.69) is 32.9 Å². The molecule has 4 heteroatoms. The summed E-state index contributed by atoms with van der Waals surface area (Å²) in [5, 5.41) is 9.32. The van der Waals surface area contributed by atoms with Crippen molar-refractivity contribution in [2.45, 2.75) is 46.1 Å². The number of rotatable bonds is 15. The Morgan fingerprint density at radius 2 is 1.41 bits per heavy atom. The maximum atomic E-state index is 9.32. The summed E-state index contributed by atoms with van der Waals surface area (Å²) in [4.78, 5) is 0. The van der Waals surface area contributed by atoms with E-state index in [0.717, 1.165) is 19.3 Å². The van der Waals surface area contributed by atoms with E-state index >= 15 is 0 Å². The summed E-state index contributed by atoms with van der Waals surface area (Å²) in [6.45, 7) is 9.21. The molecule has 22 heavy (non-hydrogen) atoms. The van der Waals surface area contributed by atoms with Gasteiger partial charge in [-0.2, -0.15) is 0 Å². The number of ether oxygens (including phenoxy) is 3. The van der Waals surface area contributed by atoms with Gasteiger partial charge in [-0.1, -0.05) is 45.1 Å². The number of allylic oxidation sites excluding steroid dienone is 2. The van der Waals surface area contributed by atoms with Gasteiger partial charge in [0.25, 0.3) is 0 Å². The van der Waals surface area contributed by atoms with Crippen LogP contribution >= 0.6 is 0 Å². The molecule has 2 unspecified atom stereocenters. The number of aliphatic hydroxyl groups is 1. The molecule has 0 heterocycles.